The molecule has 0 bridgehead atoms. The average molecular weight is 284 g/mol. The van der Waals surface area contributed by atoms with Gasteiger partial charge in [0.1, 0.15) is 5.75 Å². The number of rotatable bonds is 5. The molecule has 0 heterocycles. The van der Waals surface area contributed by atoms with Gasteiger partial charge in [-0.25, -0.2) is 4.79 Å². The van der Waals surface area contributed by atoms with Gasteiger partial charge in [0, 0.05) is 12.2 Å². The Balaban J connectivity index is 1.78. The fraction of sp³-hybridized carbons (Fsp3) is 0.235. The van der Waals surface area contributed by atoms with Crippen LogP contribution in [0.4, 0.5) is 10.5 Å². The van der Waals surface area contributed by atoms with Crippen molar-refractivity contribution < 1.29 is 9.53 Å². The molecular formula is C17H20N2O2. The first-order valence-corrected chi connectivity index (χ1v) is 6.92. The number of aryl methyl sites for hydroxylation is 1. The van der Waals surface area contributed by atoms with Crippen LogP contribution < -0.4 is 15.4 Å². The molecule has 2 rings (SSSR count). The molecule has 0 spiro atoms. The van der Waals surface area contributed by atoms with Gasteiger partial charge in [0.05, 0.1) is 7.11 Å². The molecule has 0 aliphatic heterocycles. The van der Waals surface area contributed by atoms with Crippen LogP contribution in [-0.2, 0) is 6.42 Å². The van der Waals surface area contributed by atoms with Gasteiger partial charge in [-0.3, -0.25) is 0 Å². The third-order valence-electron chi connectivity index (χ3n) is 3.29. The number of benzene rings is 2. The topological polar surface area (TPSA) is 50.4 Å². The molecule has 0 aliphatic carbocycles. The molecule has 110 valence electrons. The highest BCUT2D eigenvalue weighted by Gasteiger charge is 2.02. The van der Waals surface area contributed by atoms with E-state index in [0.717, 1.165) is 17.9 Å². The van der Waals surface area contributed by atoms with E-state index in [4.69, 9.17) is 4.74 Å². The molecule has 2 aromatic rings. The summed E-state index contributed by atoms with van der Waals surface area (Å²) < 4.78 is 5.07. The Bertz CT molecular complexity index is 594. The van der Waals surface area contributed by atoms with Crippen molar-refractivity contribution in [2.24, 2.45) is 0 Å². The van der Waals surface area contributed by atoms with Crippen molar-refractivity contribution in [3.8, 4) is 5.75 Å². The van der Waals surface area contributed by atoms with E-state index in [-0.39, 0.29) is 6.03 Å². The van der Waals surface area contributed by atoms with Crippen LogP contribution in [0, 0.1) is 6.92 Å². The van der Waals surface area contributed by atoms with Crippen LogP contribution in [0.15, 0.2) is 48.5 Å². The molecule has 0 fully saturated rings. The van der Waals surface area contributed by atoms with E-state index in [9.17, 15) is 4.79 Å². The molecule has 0 unspecified atom stereocenters. The lowest BCUT2D eigenvalue weighted by Crippen LogP contribution is -2.30. The van der Waals surface area contributed by atoms with Gasteiger partial charge >= 0.3 is 6.03 Å². The monoisotopic (exact) mass is 284 g/mol. The van der Waals surface area contributed by atoms with Crippen LogP contribution in [-0.4, -0.2) is 19.7 Å². The lowest BCUT2D eigenvalue weighted by atomic mass is 10.1. The van der Waals surface area contributed by atoms with E-state index >= 15 is 0 Å². The largest absolute Gasteiger partial charge is 0.497 e. The first-order valence-electron chi connectivity index (χ1n) is 6.92. The molecule has 2 N–H and O–H groups in total. The summed E-state index contributed by atoms with van der Waals surface area (Å²) in [5.41, 5.74) is 3.24. The first kappa shape index (κ1) is 14.9. The minimum atomic E-state index is -0.200. The number of hydrogen-bond acceptors (Lipinski definition) is 2. The molecule has 2 amide bonds. The minimum Gasteiger partial charge on any atom is -0.497 e. The van der Waals surface area contributed by atoms with Gasteiger partial charge in [-0.1, -0.05) is 24.3 Å². The molecular weight excluding hydrogens is 264 g/mol. The predicted octanol–water partition coefficient (Wildman–Crippen LogP) is 3.37. The Hall–Kier alpha value is -2.49. The minimum absolute atomic E-state index is 0.200. The zero-order valence-electron chi connectivity index (χ0n) is 12.3. The van der Waals surface area contributed by atoms with E-state index in [2.05, 4.69) is 29.7 Å². The summed E-state index contributed by atoms with van der Waals surface area (Å²) in [6.45, 7) is 2.68. The number of carbonyl (C=O) groups is 1. The molecule has 4 nitrogen and oxygen atoms in total. The van der Waals surface area contributed by atoms with Crippen LogP contribution in [0.25, 0.3) is 0 Å². The molecule has 0 radical (unpaired) electrons. The summed E-state index contributed by atoms with van der Waals surface area (Å²) in [6.07, 6.45) is 0.822. The second-order valence-corrected chi connectivity index (χ2v) is 4.79. The molecule has 0 atom stereocenters. The van der Waals surface area contributed by atoms with Crippen molar-refractivity contribution in [3.63, 3.8) is 0 Å². The standard InChI is InChI=1S/C17H20N2O2/c1-13-5-3-4-6-14(13)11-12-18-17(20)19-15-7-9-16(21-2)10-8-15/h3-10H,11-12H2,1-2H3,(H2,18,19,20). The number of hydrogen-bond donors (Lipinski definition) is 2. The molecule has 0 saturated carbocycles. The van der Waals surface area contributed by atoms with Gasteiger partial charge in [-0.2, -0.15) is 0 Å². The third kappa shape index (κ3) is 4.53. The Labute approximate surface area is 125 Å². The molecule has 0 aromatic heterocycles. The van der Waals surface area contributed by atoms with Gasteiger partial charge in [-0.15, -0.1) is 0 Å². The summed E-state index contributed by atoms with van der Waals surface area (Å²) in [6, 6.07) is 15.2. The van der Waals surface area contributed by atoms with Crippen LogP contribution in [0.3, 0.4) is 0 Å². The third-order valence-corrected chi connectivity index (χ3v) is 3.29. The van der Waals surface area contributed by atoms with Gasteiger partial charge in [-0.05, 0) is 48.7 Å². The molecule has 0 aliphatic rings. The van der Waals surface area contributed by atoms with Crippen molar-refractivity contribution in [2.45, 2.75) is 13.3 Å². The number of amides is 2. The Morgan fingerprint density at radius 2 is 1.81 bits per heavy atom. The van der Waals surface area contributed by atoms with Gasteiger partial charge in [0.2, 0.25) is 0 Å². The van der Waals surface area contributed by atoms with Crippen molar-refractivity contribution in [1.29, 1.82) is 0 Å². The van der Waals surface area contributed by atoms with Gasteiger partial charge in [0.15, 0.2) is 0 Å². The zero-order chi connectivity index (χ0) is 15.1. The number of nitrogens with one attached hydrogen (secondary N) is 2. The van der Waals surface area contributed by atoms with Crippen molar-refractivity contribution >= 4 is 11.7 Å². The van der Waals surface area contributed by atoms with E-state index in [1.807, 2.05) is 24.3 Å². The molecule has 2 aromatic carbocycles. The van der Waals surface area contributed by atoms with Crippen LogP contribution in [0.5, 0.6) is 5.75 Å². The van der Waals surface area contributed by atoms with E-state index in [1.165, 1.54) is 11.1 Å². The summed E-state index contributed by atoms with van der Waals surface area (Å²) in [4.78, 5) is 11.8. The quantitative estimate of drug-likeness (QED) is 0.884. The van der Waals surface area contributed by atoms with Crippen LogP contribution >= 0.6 is 0 Å². The summed E-state index contributed by atoms with van der Waals surface area (Å²) in [7, 11) is 1.61. The fourth-order valence-electron chi connectivity index (χ4n) is 2.05. The highest BCUT2D eigenvalue weighted by atomic mass is 16.5. The highest BCUT2D eigenvalue weighted by molar-refractivity contribution is 5.89. The Morgan fingerprint density at radius 1 is 1.10 bits per heavy atom. The van der Waals surface area contributed by atoms with E-state index in [1.54, 1.807) is 19.2 Å². The van der Waals surface area contributed by atoms with Crippen LogP contribution in [0.2, 0.25) is 0 Å². The number of anilines is 1. The van der Waals surface area contributed by atoms with Crippen LogP contribution in [0.1, 0.15) is 11.1 Å². The summed E-state index contributed by atoms with van der Waals surface area (Å²) >= 11 is 0. The SMILES string of the molecule is COc1ccc(NC(=O)NCCc2ccccc2C)cc1. The molecule has 21 heavy (non-hydrogen) atoms. The maximum Gasteiger partial charge on any atom is 0.319 e. The van der Waals surface area contributed by atoms with Crippen molar-refractivity contribution in [1.82, 2.24) is 5.32 Å². The fourth-order valence-corrected chi connectivity index (χ4v) is 2.05. The zero-order valence-corrected chi connectivity index (χ0v) is 12.3. The van der Waals surface area contributed by atoms with Crippen molar-refractivity contribution in [2.75, 3.05) is 19.0 Å². The number of ether oxygens (including phenoxy) is 1. The molecule has 4 heteroatoms. The smallest absolute Gasteiger partial charge is 0.319 e. The maximum absolute atomic E-state index is 11.8. The van der Waals surface area contributed by atoms with E-state index in [0.29, 0.717) is 6.54 Å². The summed E-state index contributed by atoms with van der Waals surface area (Å²) in [5.74, 6) is 0.764. The predicted molar refractivity (Wildman–Crippen MR) is 84.9 cm³/mol. The number of urea groups is 1. The Kier molecular flexibility index (Phi) is 5.21. The maximum atomic E-state index is 11.8. The Morgan fingerprint density at radius 3 is 2.48 bits per heavy atom. The van der Waals surface area contributed by atoms with Gasteiger partial charge < -0.3 is 15.4 Å². The average Bonchev–Trinajstić information content (AvgIpc) is 2.50. The number of carbonyl (C=O) groups excluding carboxylic acids is 1. The molecule has 0 saturated heterocycles. The lowest BCUT2D eigenvalue weighted by molar-refractivity contribution is 0.252. The first-order chi connectivity index (χ1) is 10.2. The van der Waals surface area contributed by atoms with Gasteiger partial charge in [0.25, 0.3) is 0 Å². The lowest BCUT2D eigenvalue weighted by Gasteiger charge is -2.09. The number of methoxy groups -OCH3 is 1. The normalized spacial score (nSPS) is 10.0. The second kappa shape index (κ2) is 7.33. The highest BCUT2D eigenvalue weighted by Crippen LogP contribution is 2.14. The second-order valence-electron chi connectivity index (χ2n) is 4.79. The summed E-state index contributed by atoms with van der Waals surface area (Å²) in [5, 5.41) is 5.64. The van der Waals surface area contributed by atoms with E-state index < -0.39 is 0 Å². The van der Waals surface area contributed by atoms with Crippen molar-refractivity contribution in [3.05, 3.63) is 59.7 Å².